The van der Waals surface area contributed by atoms with E-state index in [0.717, 1.165) is 50.5 Å². The number of piperazine rings is 1. The molecule has 0 atom stereocenters. The third kappa shape index (κ3) is 2.58. The van der Waals surface area contributed by atoms with Crippen LogP contribution in [0.25, 0.3) is 0 Å². The molecular formula is C16H23N3O2. The average molecular weight is 289 g/mol. The summed E-state index contributed by atoms with van der Waals surface area (Å²) in [6.07, 6.45) is 1.91. The molecule has 0 bridgehead atoms. The van der Waals surface area contributed by atoms with Crippen molar-refractivity contribution in [2.24, 2.45) is 11.1 Å². The van der Waals surface area contributed by atoms with Gasteiger partial charge in [0.05, 0.1) is 18.2 Å². The van der Waals surface area contributed by atoms with Crippen LogP contribution in [0.2, 0.25) is 0 Å². The number of amides is 1. The third-order valence-electron chi connectivity index (χ3n) is 4.69. The Labute approximate surface area is 125 Å². The fourth-order valence-electron chi connectivity index (χ4n) is 3.03. The summed E-state index contributed by atoms with van der Waals surface area (Å²) in [6.45, 7) is 3.69. The van der Waals surface area contributed by atoms with E-state index in [-0.39, 0.29) is 11.3 Å². The first-order valence-corrected chi connectivity index (χ1v) is 7.57. The number of benzene rings is 1. The van der Waals surface area contributed by atoms with Crippen LogP contribution in [-0.2, 0) is 4.79 Å². The summed E-state index contributed by atoms with van der Waals surface area (Å²) >= 11 is 0. The van der Waals surface area contributed by atoms with E-state index < -0.39 is 0 Å². The highest BCUT2D eigenvalue weighted by Crippen LogP contribution is 2.46. The number of methoxy groups -OCH3 is 1. The summed E-state index contributed by atoms with van der Waals surface area (Å²) in [4.78, 5) is 16.7. The predicted octanol–water partition coefficient (Wildman–Crippen LogP) is 1.08. The van der Waals surface area contributed by atoms with E-state index >= 15 is 0 Å². The molecule has 1 saturated heterocycles. The Morgan fingerprint density at radius 1 is 1.24 bits per heavy atom. The number of ether oxygens (including phenoxy) is 1. The van der Waals surface area contributed by atoms with Crippen LogP contribution in [0.4, 0.5) is 5.69 Å². The lowest BCUT2D eigenvalue weighted by Gasteiger charge is -2.38. The number of carbonyl (C=O) groups excluding carboxylic acids is 1. The second-order valence-electron chi connectivity index (χ2n) is 5.94. The molecule has 0 aromatic heterocycles. The summed E-state index contributed by atoms with van der Waals surface area (Å²) in [5, 5.41) is 0. The molecule has 2 aliphatic rings. The van der Waals surface area contributed by atoms with E-state index in [1.165, 1.54) is 0 Å². The van der Waals surface area contributed by atoms with Crippen molar-refractivity contribution in [1.82, 2.24) is 4.90 Å². The standard InChI is InChI=1S/C16H23N3O2/c1-21-14-5-3-2-4-13(14)18-8-10-19(11-9-18)15(20)16(12-17)6-7-16/h2-5H,6-12,17H2,1H3. The van der Waals surface area contributed by atoms with E-state index in [9.17, 15) is 4.79 Å². The van der Waals surface area contributed by atoms with Crippen LogP contribution < -0.4 is 15.4 Å². The maximum Gasteiger partial charge on any atom is 0.230 e. The van der Waals surface area contributed by atoms with Crippen molar-refractivity contribution in [3.8, 4) is 5.75 Å². The zero-order valence-electron chi connectivity index (χ0n) is 12.5. The molecular weight excluding hydrogens is 266 g/mol. The van der Waals surface area contributed by atoms with E-state index in [1.54, 1.807) is 7.11 Å². The summed E-state index contributed by atoms with van der Waals surface area (Å²) in [6, 6.07) is 8.03. The Bertz CT molecular complexity index is 520. The molecule has 1 aromatic carbocycles. The van der Waals surface area contributed by atoms with Gasteiger partial charge < -0.3 is 20.3 Å². The van der Waals surface area contributed by atoms with Gasteiger partial charge in [-0.25, -0.2) is 0 Å². The first-order valence-electron chi connectivity index (χ1n) is 7.57. The molecule has 1 aromatic rings. The number of nitrogens with zero attached hydrogens (tertiary/aromatic N) is 2. The quantitative estimate of drug-likeness (QED) is 0.901. The number of nitrogens with two attached hydrogens (primary N) is 1. The van der Waals surface area contributed by atoms with Gasteiger partial charge in [0.1, 0.15) is 5.75 Å². The molecule has 0 radical (unpaired) electrons. The highest BCUT2D eigenvalue weighted by molar-refractivity contribution is 5.86. The van der Waals surface area contributed by atoms with Gasteiger partial charge in [-0.2, -0.15) is 0 Å². The molecule has 1 aliphatic heterocycles. The maximum absolute atomic E-state index is 12.5. The largest absolute Gasteiger partial charge is 0.495 e. The molecule has 1 saturated carbocycles. The van der Waals surface area contributed by atoms with E-state index in [0.29, 0.717) is 6.54 Å². The number of anilines is 1. The molecule has 21 heavy (non-hydrogen) atoms. The van der Waals surface area contributed by atoms with Crippen LogP contribution >= 0.6 is 0 Å². The van der Waals surface area contributed by atoms with Crippen molar-refractivity contribution >= 4 is 11.6 Å². The predicted molar refractivity (Wildman–Crippen MR) is 82.5 cm³/mol. The van der Waals surface area contributed by atoms with E-state index in [4.69, 9.17) is 10.5 Å². The Morgan fingerprint density at radius 3 is 2.48 bits per heavy atom. The minimum absolute atomic E-state index is 0.230. The zero-order chi connectivity index (χ0) is 14.9. The number of hydrogen-bond acceptors (Lipinski definition) is 4. The smallest absolute Gasteiger partial charge is 0.230 e. The van der Waals surface area contributed by atoms with Gasteiger partial charge in [0.2, 0.25) is 5.91 Å². The second-order valence-corrected chi connectivity index (χ2v) is 5.94. The highest BCUT2D eigenvalue weighted by Gasteiger charge is 2.50. The number of para-hydroxylation sites is 2. The fourth-order valence-corrected chi connectivity index (χ4v) is 3.03. The van der Waals surface area contributed by atoms with Crippen LogP contribution in [0.3, 0.4) is 0 Å². The molecule has 1 heterocycles. The summed E-state index contributed by atoms with van der Waals surface area (Å²) < 4.78 is 5.42. The van der Waals surface area contributed by atoms with Crippen molar-refractivity contribution in [2.45, 2.75) is 12.8 Å². The molecule has 3 rings (SSSR count). The van der Waals surface area contributed by atoms with E-state index in [2.05, 4.69) is 11.0 Å². The van der Waals surface area contributed by atoms with Gasteiger partial charge in [0, 0.05) is 32.7 Å². The van der Waals surface area contributed by atoms with Crippen LogP contribution in [0.1, 0.15) is 12.8 Å². The minimum atomic E-state index is -0.230. The Morgan fingerprint density at radius 2 is 1.90 bits per heavy atom. The van der Waals surface area contributed by atoms with Gasteiger partial charge in [-0.1, -0.05) is 12.1 Å². The summed E-state index contributed by atoms with van der Waals surface area (Å²) in [5.41, 5.74) is 6.63. The van der Waals surface area contributed by atoms with Crippen LogP contribution in [-0.4, -0.2) is 50.6 Å². The van der Waals surface area contributed by atoms with Crippen molar-refractivity contribution in [3.05, 3.63) is 24.3 Å². The first kappa shape index (κ1) is 14.2. The van der Waals surface area contributed by atoms with E-state index in [1.807, 2.05) is 23.1 Å². The molecule has 1 amide bonds. The third-order valence-corrected chi connectivity index (χ3v) is 4.69. The lowest BCUT2D eigenvalue weighted by Crippen LogP contribution is -2.51. The number of carbonyl (C=O) groups is 1. The topological polar surface area (TPSA) is 58.8 Å². The van der Waals surface area contributed by atoms with Crippen molar-refractivity contribution in [2.75, 3.05) is 44.7 Å². The van der Waals surface area contributed by atoms with Crippen LogP contribution in [0.5, 0.6) is 5.75 Å². The van der Waals surface area contributed by atoms with Gasteiger partial charge in [-0.15, -0.1) is 0 Å². The van der Waals surface area contributed by atoms with Crippen molar-refractivity contribution < 1.29 is 9.53 Å². The van der Waals surface area contributed by atoms with Crippen LogP contribution in [0.15, 0.2) is 24.3 Å². The lowest BCUT2D eigenvalue weighted by atomic mass is 10.1. The number of hydrogen-bond donors (Lipinski definition) is 1. The highest BCUT2D eigenvalue weighted by atomic mass is 16.5. The number of rotatable bonds is 4. The Balaban J connectivity index is 1.64. The molecule has 0 spiro atoms. The van der Waals surface area contributed by atoms with Crippen molar-refractivity contribution in [3.63, 3.8) is 0 Å². The monoisotopic (exact) mass is 289 g/mol. The molecule has 0 unspecified atom stereocenters. The maximum atomic E-state index is 12.5. The Kier molecular flexibility index (Phi) is 3.76. The molecule has 2 N–H and O–H groups in total. The van der Waals surface area contributed by atoms with Gasteiger partial charge in [0.25, 0.3) is 0 Å². The Hall–Kier alpha value is -1.75. The second kappa shape index (κ2) is 5.56. The minimum Gasteiger partial charge on any atom is -0.495 e. The molecule has 2 fully saturated rings. The molecule has 114 valence electrons. The van der Waals surface area contributed by atoms with Crippen molar-refractivity contribution in [1.29, 1.82) is 0 Å². The first-order chi connectivity index (χ1) is 10.2. The SMILES string of the molecule is COc1ccccc1N1CCN(C(=O)C2(CN)CC2)CC1. The normalized spacial score (nSPS) is 20.3. The molecule has 5 heteroatoms. The zero-order valence-corrected chi connectivity index (χ0v) is 12.5. The summed E-state index contributed by atoms with van der Waals surface area (Å²) in [5.74, 6) is 1.14. The molecule has 5 nitrogen and oxygen atoms in total. The fraction of sp³-hybridized carbons (Fsp3) is 0.562. The van der Waals surface area contributed by atoms with Gasteiger partial charge in [0.15, 0.2) is 0 Å². The van der Waals surface area contributed by atoms with Gasteiger partial charge in [-0.3, -0.25) is 4.79 Å². The lowest BCUT2D eigenvalue weighted by molar-refractivity contribution is -0.136. The van der Waals surface area contributed by atoms with Gasteiger partial charge in [-0.05, 0) is 25.0 Å². The molecule has 1 aliphatic carbocycles. The average Bonchev–Trinajstić information content (AvgIpc) is 3.35. The van der Waals surface area contributed by atoms with Gasteiger partial charge >= 0.3 is 0 Å². The summed E-state index contributed by atoms with van der Waals surface area (Å²) in [7, 11) is 1.69. The van der Waals surface area contributed by atoms with Crippen LogP contribution in [0, 0.1) is 5.41 Å².